The lowest BCUT2D eigenvalue weighted by Gasteiger charge is -2.19. The fourth-order valence-corrected chi connectivity index (χ4v) is 1.70. The van der Waals surface area contributed by atoms with Gasteiger partial charge in [0, 0.05) is 19.7 Å². The molecule has 1 saturated heterocycles. The Labute approximate surface area is 69.5 Å². The molecular weight excluding hydrogens is 138 g/mol. The van der Waals surface area contributed by atoms with Gasteiger partial charge in [0.1, 0.15) is 0 Å². The third-order valence-electron chi connectivity index (χ3n) is 2.45. The summed E-state index contributed by atoms with van der Waals surface area (Å²) in [6, 6.07) is 0.705. The van der Waals surface area contributed by atoms with Crippen LogP contribution in [0.1, 0.15) is 20.3 Å². The SMILES string of the molecule is COC[C@@H]1CCN(C(C)C)C1. The molecule has 1 aliphatic rings. The Morgan fingerprint density at radius 1 is 1.55 bits per heavy atom. The van der Waals surface area contributed by atoms with Gasteiger partial charge in [-0.15, -0.1) is 0 Å². The maximum atomic E-state index is 5.13. The Hall–Kier alpha value is -0.0800. The van der Waals surface area contributed by atoms with Crippen molar-refractivity contribution in [2.75, 3.05) is 26.8 Å². The molecule has 1 fully saturated rings. The van der Waals surface area contributed by atoms with Crippen molar-refractivity contribution in [3.05, 3.63) is 0 Å². The van der Waals surface area contributed by atoms with Gasteiger partial charge in [-0.3, -0.25) is 0 Å². The quantitative estimate of drug-likeness (QED) is 0.613. The van der Waals surface area contributed by atoms with E-state index in [1.807, 2.05) is 0 Å². The zero-order valence-corrected chi connectivity index (χ0v) is 7.84. The van der Waals surface area contributed by atoms with E-state index in [1.54, 1.807) is 7.11 Å². The van der Waals surface area contributed by atoms with Crippen molar-refractivity contribution in [3.63, 3.8) is 0 Å². The molecule has 0 aliphatic carbocycles. The number of likely N-dealkylation sites (tertiary alicyclic amines) is 1. The molecule has 0 aromatic heterocycles. The molecule has 0 saturated carbocycles. The highest BCUT2D eigenvalue weighted by Gasteiger charge is 2.23. The smallest absolute Gasteiger partial charge is 0.0503 e. The second-order valence-corrected chi connectivity index (χ2v) is 3.70. The second-order valence-electron chi connectivity index (χ2n) is 3.70. The van der Waals surface area contributed by atoms with E-state index >= 15 is 0 Å². The maximum absolute atomic E-state index is 5.13. The third-order valence-corrected chi connectivity index (χ3v) is 2.45. The van der Waals surface area contributed by atoms with E-state index in [2.05, 4.69) is 18.7 Å². The van der Waals surface area contributed by atoms with Crippen molar-refractivity contribution < 1.29 is 4.74 Å². The van der Waals surface area contributed by atoms with Crippen LogP contribution >= 0.6 is 0 Å². The van der Waals surface area contributed by atoms with Crippen LogP contribution in [-0.4, -0.2) is 37.7 Å². The molecule has 1 aliphatic heterocycles. The molecule has 11 heavy (non-hydrogen) atoms. The van der Waals surface area contributed by atoms with Crippen LogP contribution in [0.3, 0.4) is 0 Å². The monoisotopic (exact) mass is 157 g/mol. The van der Waals surface area contributed by atoms with Gasteiger partial charge in [0.2, 0.25) is 0 Å². The summed E-state index contributed by atoms with van der Waals surface area (Å²) in [7, 11) is 1.79. The highest BCUT2D eigenvalue weighted by Crippen LogP contribution is 2.18. The summed E-state index contributed by atoms with van der Waals surface area (Å²) in [5.74, 6) is 0.780. The van der Waals surface area contributed by atoms with Gasteiger partial charge < -0.3 is 9.64 Å². The van der Waals surface area contributed by atoms with E-state index in [1.165, 1.54) is 19.5 Å². The molecule has 2 nitrogen and oxygen atoms in total. The number of hydrogen-bond acceptors (Lipinski definition) is 2. The first-order valence-corrected chi connectivity index (χ1v) is 4.47. The third kappa shape index (κ3) is 2.46. The fourth-order valence-electron chi connectivity index (χ4n) is 1.70. The standard InChI is InChI=1S/C9H19NO/c1-8(2)10-5-4-9(6-10)7-11-3/h8-9H,4-7H2,1-3H3/t9-/m1/s1. The van der Waals surface area contributed by atoms with Gasteiger partial charge in [-0.05, 0) is 32.7 Å². The van der Waals surface area contributed by atoms with Crippen molar-refractivity contribution in [2.45, 2.75) is 26.3 Å². The predicted molar refractivity (Wildman–Crippen MR) is 46.7 cm³/mol. The lowest BCUT2D eigenvalue weighted by molar-refractivity contribution is 0.149. The van der Waals surface area contributed by atoms with Crippen LogP contribution < -0.4 is 0 Å². The Balaban J connectivity index is 2.23. The average molecular weight is 157 g/mol. The van der Waals surface area contributed by atoms with Crippen LogP contribution in [0, 0.1) is 5.92 Å². The number of ether oxygens (including phenoxy) is 1. The largest absolute Gasteiger partial charge is 0.384 e. The van der Waals surface area contributed by atoms with E-state index in [4.69, 9.17) is 4.74 Å². The van der Waals surface area contributed by atoms with Crippen LogP contribution in [0.2, 0.25) is 0 Å². The second kappa shape index (κ2) is 4.07. The van der Waals surface area contributed by atoms with Crippen molar-refractivity contribution in [2.24, 2.45) is 5.92 Å². The molecule has 1 rings (SSSR count). The van der Waals surface area contributed by atoms with E-state index in [9.17, 15) is 0 Å². The van der Waals surface area contributed by atoms with Crippen LogP contribution in [0.5, 0.6) is 0 Å². The van der Waals surface area contributed by atoms with Crippen LogP contribution in [0.4, 0.5) is 0 Å². The van der Waals surface area contributed by atoms with Gasteiger partial charge in [-0.25, -0.2) is 0 Å². The van der Waals surface area contributed by atoms with Crippen molar-refractivity contribution >= 4 is 0 Å². The molecule has 0 aromatic carbocycles. The van der Waals surface area contributed by atoms with Crippen LogP contribution in [-0.2, 0) is 4.74 Å². The van der Waals surface area contributed by atoms with Gasteiger partial charge in [0.15, 0.2) is 0 Å². The number of hydrogen-bond donors (Lipinski definition) is 0. The zero-order chi connectivity index (χ0) is 8.27. The number of nitrogens with zero attached hydrogens (tertiary/aromatic N) is 1. The normalized spacial score (nSPS) is 26.7. The predicted octanol–water partition coefficient (Wildman–Crippen LogP) is 1.36. The summed E-state index contributed by atoms with van der Waals surface area (Å²) in [5, 5.41) is 0. The average Bonchev–Trinajstić information content (AvgIpc) is 2.37. The van der Waals surface area contributed by atoms with E-state index < -0.39 is 0 Å². The summed E-state index contributed by atoms with van der Waals surface area (Å²) in [4.78, 5) is 2.52. The number of rotatable bonds is 3. The summed E-state index contributed by atoms with van der Waals surface area (Å²) < 4.78 is 5.13. The topological polar surface area (TPSA) is 12.5 Å². The Bertz CT molecular complexity index is 114. The Kier molecular flexibility index (Phi) is 3.34. The summed E-state index contributed by atoms with van der Waals surface area (Å²) in [6.07, 6.45) is 1.31. The lowest BCUT2D eigenvalue weighted by atomic mass is 10.1. The molecule has 0 spiro atoms. The molecule has 0 unspecified atom stereocenters. The summed E-state index contributed by atoms with van der Waals surface area (Å²) in [5.41, 5.74) is 0. The Morgan fingerprint density at radius 3 is 2.73 bits per heavy atom. The molecule has 0 N–H and O–H groups in total. The molecule has 0 radical (unpaired) electrons. The zero-order valence-electron chi connectivity index (χ0n) is 7.84. The minimum Gasteiger partial charge on any atom is -0.384 e. The van der Waals surface area contributed by atoms with E-state index in [-0.39, 0.29) is 0 Å². The van der Waals surface area contributed by atoms with Crippen LogP contribution in [0.25, 0.3) is 0 Å². The first kappa shape index (κ1) is 9.01. The fraction of sp³-hybridized carbons (Fsp3) is 1.00. The molecule has 1 atom stereocenters. The van der Waals surface area contributed by atoms with Gasteiger partial charge in [-0.1, -0.05) is 0 Å². The summed E-state index contributed by atoms with van der Waals surface area (Å²) >= 11 is 0. The molecule has 0 bridgehead atoms. The summed E-state index contributed by atoms with van der Waals surface area (Å²) in [6.45, 7) is 7.94. The van der Waals surface area contributed by atoms with Gasteiger partial charge in [-0.2, -0.15) is 0 Å². The molecule has 0 aromatic rings. The van der Waals surface area contributed by atoms with Gasteiger partial charge in [0.25, 0.3) is 0 Å². The molecular formula is C9H19NO. The lowest BCUT2D eigenvalue weighted by Crippen LogP contribution is -2.28. The van der Waals surface area contributed by atoms with Crippen molar-refractivity contribution in [1.29, 1.82) is 0 Å². The molecule has 66 valence electrons. The highest BCUT2D eigenvalue weighted by atomic mass is 16.5. The van der Waals surface area contributed by atoms with E-state index in [0.717, 1.165) is 12.5 Å². The molecule has 0 amide bonds. The van der Waals surface area contributed by atoms with Gasteiger partial charge >= 0.3 is 0 Å². The minimum absolute atomic E-state index is 0.705. The first-order chi connectivity index (χ1) is 5.24. The number of methoxy groups -OCH3 is 1. The highest BCUT2D eigenvalue weighted by molar-refractivity contribution is 4.77. The first-order valence-electron chi connectivity index (χ1n) is 4.47. The van der Waals surface area contributed by atoms with Crippen molar-refractivity contribution in [3.8, 4) is 0 Å². The Morgan fingerprint density at radius 2 is 2.27 bits per heavy atom. The maximum Gasteiger partial charge on any atom is 0.0503 e. The van der Waals surface area contributed by atoms with E-state index in [0.29, 0.717) is 6.04 Å². The van der Waals surface area contributed by atoms with Crippen molar-refractivity contribution in [1.82, 2.24) is 4.90 Å². The minimum atomic E-state index is 0.705. The molecule has 1 heterocycles. The van der Waals surface area contributed by atoms with Crippen LogP contribution in [0.15, 0.2) is 0 Å². The van der Waals surface area contributed by atoms with Gasteiger partial charge in [0.05, 0.1) is 6.61 Å². The molecule has 2 heteroatoms.